The van der Waals surface area contributed by atoms with Crippen molar-refractivity contribution in [2.24, 2.45) is 0 Å². The molecule has 0 bridgehead atoms. The molecule has 8 aromatic carbocycles. The van der Waals surface area contributed by atoms with Crippen molar-refractivity contribution in [2.75, 3.05) is 0 Å². The van der Waals surface area contributed by atoms with Gasteiger partial charge in [0.05, 0.1) is 22.1 Å². The lowest BCUT2D eigenvalue weighted by molar-refractivity contribution is 1.14. The quantitative estimate of drug-likeness (QED) is 0.154. The molecule has 2 nitrogen and oxygen atoms in total. The van der Waals surface area contributed by atoms with Crippen LogP contribution in [0.15, 0.2) is 182 Å². The number of aryl methyl sites for hydroxylation is 2. The van der Waals surface area contributed by atoms with Crippen LogP contribution in [0, 0.1) is 13.8 Å². The number of hydrogen-bond acceptors (Lipinski definition) is 0. The van der Waals surface area contributed by atoms with E-state index < -0.39 is 0 Å². The Kier molecular flexibility index (Phi) is 7.63. The van der Waals surface area contributed by atoms with Crippen LogP contribution in [0.2, 0.25) is 0 Å². The predicted octanol–water partition coefficient (Wildman–Crippen LogP) is 14.0. The molecule has 256 valence electrons. The smallest absolute Gasteiger partial charge is 0.0541 e. The summed E-state index contributed by atoms with van der Waals surface area (Å²) in [6.07, 6.45) is 4.40. The van der Waals surface area contributed by atoms with Crippen molar-refractivity contribution in [3.8, 4) is 33.6 Å². The summed E-state index contributed by atoms with van der Waals surface area (Å²) < 4.78 is 4.79. The van der Waals surface area contributed by atoms with Crippen molar-refractivity contribution < 1.29 is 0 Å². The van der Waals surface area contributed by atoms with Gasteiger partial charge in [-0.1, -0.05) is 146 Å². The topological polar surface area (TPSA) is 9.86 Å². The molecule has 10 rings (SSSR count). The summed E-state index contributed by atoms with van der Waals surface area (Å²) in [5.74, 6) is 0. The van der Waals surface area contributed by atoms with E-state index >= 15 is 0 Å². The van der Waals surface area contributed by atoms with Gasteiger partial charge in [-0.2, -0.15) is 0 Å². The Labute approximate surface area is 315 Å². The zero-order valence-electron chi connectivity index (χ0n) is 30.4. The number of benzene rings is 8. The number of fused-ring (bicyclic) bond motifs is 6. The van der Waals surface area contributed by atoms with Gasteiger partial charge >= 0.3 is 0 Å². The van der Waals surface area contributed by atoms with E-state index in [1.54, 1.807) is 0 Å². The van der Waals surface area contributed by atoms with E-state index in [9.17, 15) is 0 Å². The Bertz CT molecular complexity index is 2940. The first-order valence-electron chi connectivity index (χ1n) is 18.7. The lowest BCUT2D eigenvalue weighted by atomic mass is 9.96. The second-order valence-electron chi connectivity index (χ2n) is 14.3. The molecule has 0 aliphatic carbocycles. The van der Waals surface area contributed by atoms with Crippen molar-refractivity contribution in [3.05, 3.63) is 204 Å². The summed E-state index contributed by atoms with van der Waals surface area (Å²) >= 11 is 0. The Morgan fingerprint density at radius 3 is 1.33 bits per heavy atom. The molecule has 0 saturated heterocycles. The number of nitrogens with zero attached hydrogens (tertiary/aromatic N) is 2. The van der Waals surface area contributed by atoms with E-state index in [2.05, 4.69) is 217 Å². The first-order valence-corrected chi connectivity index (χ1v) is 18.7. The third-order valence-electron chi connectivity index (χ3n) is 11.0. The Morgan fingerprint density at radius 2 is 0.815 bits per heavy atom. The fourth-order valence-corrected chi connectivity index (χ4v) is 8.31. The molecule has 0 aliphatic heterocycles. The van der Waals surface area contributed by atoms with Gasteiger partial charge in [-0.15, -0.1) is 0 Å². The van der Waals surface area contributed by atoms with E-state index in [0.717, 1.165) is 0 Å². The highest BCUT2D eigenvalue weighted by molar-refractivity contribution is 6.10. The average molecular weight is 691 g/mol. The van der Waals surface area contributed by atoms with Crippen LogP contribution in [-0.4, -0.2) is 9.13 Å². The first-order chi connectivity index (χ1) is 26.6. The zero-order chi connectivity index (χ0) is 36.2. The third kappa shape index (κ3) is 5.35. The Balaban J connectivity index is 0.892. The molecule has 0 amide bonds. The van der Waals surface area contributed by atoms with Crippen LogP contribution >= 0.6 is 0 Å². The van der Waals surface area contributed by atoms with E-state index in [1.165, 1.54) is 99.5 Å². The van der Waals surface area contributed by atoms with Gasteiger partial charge in [0.15, 0.2) is 0 Å². The Hall–Kier alpha value is -6.90. The number of para-hydroxylation sites is 4. The molecular formula is C52H38N2. The molecule has 0 saturated carbocycles. The Morgan fingerprint density at radius 1 is 0.352 bits per heavy atom. The van der Waals surface area contributed by atoms with Crippen LogP contribution in [0.1, 0.15) is 22.3 Å². The largest absolute Gasteiger partial charge is 0.309 e. The van der Waals surface area contributed by atoms with E-state index in [-0.39, 0.29) is 0 Å². The predicted molar refractivity (Wildman–Crippen MR) is 231 cm³/mol. The van der Waals surface area contributed by atoms with Crippen LogP contribution in [0.4, 0.5) is 0 Å². The standard InChI is InChI=1S/C52H38N2/c1-35-33-52(54-50-20-9-5-16-45(50)46-17-6-10-21-51(46)54)36(2)32-47(35)40-30-26-38(27-31-40)23-22-37-24-28-39(29-25-37)41-12-11-13-42(34-41)53-48-18-7-3-14-43(48)44-15-4-8-19-49(44)53/h3-34H,1-2H3/b23-22+. The monoisotopic (exact) mass is 690 g/mol. The lowest BCUT2D eigenvalue weighted by Gasteiger charge is -2.16. The summed E-state index contributed by atoms with van der Waals surface area (Å²) in [5, 5.41) is 5.13. The molecule has 0 atom stereocenters. The van der Waals surface area contributed by atoms with Crippen LogP contribution in [0.3, 0.4) is 0 Å². The molecule has 2 aromatic heterocycles. The highest BCUT2D eigenvalue weighted by atomic mass is 15.0. The van der Waals surface area contributed by atoms with Gasteiger partial charge in [0, 0.05) is 32.9 Å². The minimum Gasteiger partial charge on any atom is -0.309 e. The van der Waals surface area contributed by atoms with Gasteiger partial charge in [-0.05, 0) is 107 Å². The molecule has 0 aliphatic rings. The molecule has 0 unspecified atom stereocenters. The van der Waals surface area contributed by atoms with Gasteiger partial charge in [-0.3, -0.25) is 0 Å². The lowest BCUT2D eigenvalue weighted by Crippen LogP contribution is -1.99. The summed E-state index contributed by atoms with van der Waals surface area (Å²) in [6, 6.07) is 66.1. The van der Waals surface area contributed by atoms with Gasteiger partial charge < -0.3 is 9.13 Å². The molecule has 54 heavy (non-hydrogen) atoms. The number of aromatic nitrogens is 2. The molecule has 2 heteroatoms. The van der Waals surface area contributed by atoms with Crippen LogP contribution in [-0.2, 0) is 0 Å². The summed E-state index contributed by atoms with van der Waals surface area (Å²) in [4.78, 5) is 0. The second-order valence-corrected chi connectivity index (χ2v) is 14.3. The highest BCUT2D eigenvalue weighted by Gasteiger charge is 2.16. The molecule has 10 aromatic rings. The van der Waals surface area contributed by atoms with Gasteiger partial charge in [0.25, 0.3) is 0 Å². The van der Waals surface area contributed by atoms with Crippen molar-refractivity contribution in [2.45, 2.75) is 13.8 Å². The second kappa shape index (κ2) is 12.9. The van der Waals surface area contributed by atoms with Crippen molar-refractivity contribution >= 4 is 55.8 Å². The SMILES string of the molecule is Cc1cc(-n2c3ccccc3c3ccccc32)c(C)cc1-c1ccc(/C=C/c2ccc(-c3cccc(-n4c5ccccc5c5ccccc54)c3)cc2)cc1. The highest BCUT2D eigenvalue weighted by Crippen LogP contribution is 2.36. The summed E-state index contributed by atoms with van der Waals surface area (Å²) in [5.41, 5.74) is 17.1. The van der Waals surface area contributed by atoms with Gasteiger partial charge in [0.1, 0.15) is 0 Å². The van der Waals surface area contributed by atoms with E-state index in [0.29, 0.717) is 0 Å². The summed E-state index contributed by atoms with van der Waals surface area (Å²) in [6.45, 7) is 4.46. The summed E-state index contributed by atoms with van der Waals surface area (Å²) in [7, 11) is 0. The van der Waals surface area contributed by atoms with E-state index in [4.69, 9.17) is 0 Å². The van der Waals surface area contributed by atoms with Crippen LogP contribution in [0.5, 0.6) is 0 Å². The minimum absolute atomic E-state index is 1.17. The fourth-order valence-electron chi connectivity index (χ4n) is 8.31. The molecule has 0 radical (unpaired) electrons. The van der Waals surface area contributed by atoms with Crippen molar-refractivity contribution in [3.63, 3.8) is 0 Å². The molecule has 0 fully saturated rings. The third-order valence-corrected chi connectivity index (χ3v) is 11.0. The van der Waals surface area contributed by atoms with Crippen molar-refractivity contribution in [1.82, 2.24) is 9.13 Å². The maximum atomic E-state index is 2.42. The molecular weight excluding hydrogens is 653 g/mol. The normalized spacial score (nSPS) is 11.8. The zero-order valence-corrected chi connectivity index (χ0v) is 30.4. The minimum atomic E-state index is 1.17. The maximum Gasteiger partial charge on any atom is 0.0541 e. The molecule has 2 heterocycles. The fraction of sp³-hybridized carbons (Fsp3) is 0.0385. The van der Waals surface area contributed by atoms with E-state index in [1.807, 2.05) is 0 Å². The van der Waals surface area contributed by atoms with Gasteiger partial charge in [0.2, 0.25) is 0 Å². The number of rotatable bonds is 6. The average Bonchev–Trinajstić information content (AvgIpc) is 3.74. The van der Waals surface area contributed by atoms with Crippen molar-refractivity contribution in [1.29, 1.82) is 0 Å². The van der Waals surface area contributed by atoms with Crippen LogP contribution in [0.25, 0.3) is 89.4 Å². The number of hydrogen-bond donors (Lipinski definition) is 0. The molecule has 0 N–H and O–H groups in total. The maximum absolute atomic E-state index is 2.42. The van der Waals surface area contributed by atoms with Gasteiger partial charge in [-0.25, -0.2) is 0 Å². The first kappa shape index (κ1) is 31.8. The van der Waals surface area contributed by atoms with Crippen LogP contribution < -0.4 is 0 Å². The molecule has 0 spiro atoms.